The van der Waals surface area contributed by atoms with Gasteiger partial charge in [0.05, 0.1) is 12.5 Å². The third kappa shape index (κ3) is 6.03. The molecule has 132 valence electrons. The summed E-state index contributed by atoms with van der Waals surface area (Å²) in [5.41, 5.74) is 7.85. The summed E-state index contributed by atoms with van der Waals surface area (Å²) in [5, 5.41) is 4.10. The quantitative estimate of drug-likeness (QED) is 0.760. The van der Waals surface area contributed by atoms with Crippen molar-refractivity contribution in [2.24, 2.45) is 5.73 Å². The number of halogens is 2. The highest BCUT2D eigenvalue weighted by molar-refractivity contribution is 7.15. The van der Waals surface area contributed by atoms with Crippen LogP contribution in [0.25, 0.3) is 0 Å². The summed E-state index contributed by atoms with van der Waals surface area (Å²) in [6.07, 6.45) is 2.50. The Morgan fingerprint density at radius 1 is 1.50 bits per heavy atom. The Bertz CT molecular complexity index is 675. The van der Waals surface area contributed by atoms with Gasteiger partial charge in [-0.15, -0.1) is 23.7 Å². The maximum absolute atomic E-state index is 11.9. The number of rotatable bonds is 7. The van der Waals surface area contributed by atoms with E-state index in [2.05, 4.69) is 10.3 Å². The standard InChI is InChI=1S/C16H20ClN3O2S.ClH/c1-10-5-12(17)4-3-11(10)6-14-9-19-16(23-14)20-15(21)7-13(8-18)22-2;/h3-5,9,13H,6-8,18H2,1-2H3,(H,19,20,21);1H. The van der Waals surface area contributed by atoms with E-state index in [1.165, 1.54) is 16.9 Å². The third-order valence-corrected chi connectivity index (χ3v) is 4.63. The number of benzene rings is 1. The average molecular weight is 390 g/mol. The van der Waals surface area contributed by atoms with Gasteiger partial charge in [0.15, 0.2) is 5.13 Å². The van der Waals surface area contributed by atoms with Gasteiger partial charge in [0.1, 0.15) is 0 Å². The van der Waals surface area contributed by atoms with Gasteiger partial charge in [0.25, 0.3) is 0 Å². The molecule has 8 heteroatoms. The molecule has 0 spiro atoms. The van der Waals surface area contributed by atoms with Crippen molar-refractivity contribution < 1.29 is 9.53 Å². The Labute approximate surface area is 157 Å². The minimum atomic E-state index is -0.272. The number of methoxy groups -OCH3 is 1. The van der Waals surface area contributed by atoms with Gasteiger partial charge in [0.2, 0.25) is 5.91 Å². The van der Waals surface area contributed by atoms with Gasteiger partial charge in [-0.3, -0.25) is 4.79 Å². The van der Waals surface area contributed by atoms with Gasteiger partial charge in [-0.05, 0) is 30.2 Å². The molecule has 1 heterocycles. The summed E-state index contributed by atoms with van der Waals surface area (Å²) in [5.74, 6) is -0.147. The van der Waals surface area contributed by atoms with Gasteiger partial charge in [-0.2, -0.15) is 0 Å². The van der Waals surface area contributed by atoms with E-state index in [9.17, 15) is 4.79 Å². The Morgan fingerprint density at radius 2 is 2.25 bits per heavy atom. The number of aryl methyl sites for hydroxylation is 1. The zero-order chi connectivity index (χ0) is 16.8. The number of aromatic nitrogens is 1. The number of amides is 1. The first-order valence-corrected chi connectivity index (χ1v) is 8.43. The molecule has 0 aliphatic heterocycles. The number of nitrogens with zero attached hydrogens (tertiary/aromatic N) is 1. The largest absolute Gasteiger partial charge is 0.380 e. The van der Waals surface area contributed by atoms with Crippen LogP contribution in [0.15, 0.2) is 24.4 Å². The van der Waals surface area contributed by atoms with Crippen LogP contribution in [0.5, 0.6) is 0 Å². The number of hydrogen-bond donors (Lipinski definition) is 2. The van der Waals surface area contributed by atoms with Gasteiger partial charge >= 0.3 is 0 Å². The Morgan fingerprint density at radius 3 is 2.88 bits per heavy atom. The Kier molecular flexibility index (Phi) is 8.66. The van der Waals surface area contributed by atoms with Crippen molar-refractivity contribution in [2.45, 2.75) is 25.9 Å². The van der Waals surface area contributed by atoms with Crippen LogP contribution in [0.4, 0.5) is 5.13 Å². The van der Waals surface area contributed by atoms with Crippen LogP contribution in [-0.2, 0) is 16.0 Å². The average Bonchev–Trinajstić information content (AvgIpc) is 2.94. The summed E-state index contributed by atoms with van der Waals surface area (Å²) in [6.45, 7) is 2.34. The second kappa shape index (κ2) is 9.96. The molecule has 1 aromatic heterocycles. The highest BCUT2D eigenvalue weighted by Gasteiger charge is 2.13. The van der Waals surface area contributed by atoms with Gasteiger partial charge in [-0.25, -0.2) is 4.98 Å². The Balaban J connectivity index is 0.00000288. The summed E-state index contributed by atoms with van der Waals surface area (Å²) in [7, 11) is 1.54. The number of thiazole rings is 1. The molecule has 2 rings (SSSR count). The predicted octanol–water partition coefficient (Wildman–Crippen LogP) is 3.42. The molecule has 0 saturated heterocycles. The van der Waals surface area contributed by atoms with E-state index < -0.39 is 0 Å². The number of hydrogen-bond acceptors (Lipinski definition) is 5. The van der Waals surface area contributed by atoms with E-state index in [4.69, 9.17) is 22.1 Å². The lowest BCUT2D eigenvalue weighted by atomic mass is 10.1. The summed E-state index contributed by atoms with van der Waals surface area (Å²) < 4.78 is 5.10. The number of nitrogens with one attached hydrogen (secondary N) is 1. The fourth-order valence-corrected chi connectivity index (χ4v) is 3.21. The molecule has 0 bridgehead atoms. The molecular weight excluding hydrogens is 369 g/mol. The van der Waals surface area contributed by atoms with Gasteiger partial charge < -0.3 is 15.8 Å². The SMILES string of the molecule is COC(CN)CC(=O)Nc1ncc(Cc2ccc(Cl)cc2C)s1.Cl. The van der Waals surface area contributed by atoms with E-state index >= 15 is 0 Å². The summed E-state index contributed by atoms with van der Waals surface area (Å²) in [6, 6.07) is 5.84. The van der Waals surface area contributed by atoms with Gasteiger partial charge in [0, 0.05) is 36.2 Å². The van der Waals surface area contributed by atoms with Crippen LogP contribution in [0.2, 0.25) is 5.02 Å². The zero-order valence-electron chi connectivity index (χ0n) is 13.5. The van der Waals surface area contributed by atoms with Crippen molar-refractivity contribution in [3.05, 3.63) is 45.4 Å². The monoisotopic (exact) mass is 389 g/mol. The van der Waals surface area contributed by atoms with Crippen LogP contribution >= 0.6 is 35.3 Å². The van der Waals surface area contributed by atoms with Crippen LogP contribution in [-0.4, -0.2) is 30.6 Å². The second-order valence-electron chi connectivity index (χ2n) is 5.23. The van der Waals surface area contributed by atoms with Gasteiger partial charge in [-0.1, -0.05) is 17.7 Å². The third-order valence-electron chi connectivity index (χ3n) is 3.48. The second-order valence-corrected chi connectivity index (χ2v) is 6.78. The van der Waals surface area contributed by atoms with Crippen molar-refractivity contribution in [2.75, 3.05) is 19.0 Å². The molecule has 0 radical (unpaired) electrons. The molecule has 0 fully saturated rings. The maximum Gasteiger partial charge on any atom is 0.228 e. The molecule has 1 aromatic carbocycles. The Hall–Kier alpha value is -1.18. The van der Waals surface area contributed by atoms with Crippen molar-refractivity contribution in [3.63, 3.8) is 0 Å². The van der Waals surface area contributed by atoms with Crippen molar-refractivity contribution in [3.8, 4) is 0 Å². The zero-order valence-corrected chi connectivity index (χ0v) is 15.9. The molecule has 0 aliphatic carbocycles. The first-order valence-electron chi connectivity index (χ1n) is 7.24. The van der Waals surface area contributed by atoms with E-state index in [1.54, 1.807) is 13.3 Å². The molecule has 24 heavy (non-hydrogen) atoms. The highest BCUT2D eigenvalue weighted by atomic mass is 35.5. The topological polar surface area (TPSA) is 77.2 Å². The number of carbonyl (C=O) groups excluding carboxylic acids is 1. The van der Waals surface area contributed by atoms with Crippen molar-refractivity contribution in [1.82, 2.24) is 4.98 Å². The fraction of sp³-hybridized carbons (Fsp3) is 0.375. The van der Waals surface area contributed by atoms with Crippen molar-refractivity contribution >= 4 is 46.4 Å². The molecule has 1 unspecified atom stereocenters. The summed E-state index contributed by atoms with van der Waals surface area (Å²) in [4.78, 5) is 17.2. The number of anilines is 1. The maximum atomic E-state index is 11.9. The van der Waals surface area contributed by atoms with E-state index in [0.717, 1.165) is 21.9 Å². The number of ether oxygens (including phenoxy) is 1. The van der Waals surface area contributed by atoms with E-state index in [-0.39, 0.29) is 30.8 Å². The minimum absolute atomic E-state index is 0. The number of carbonyl (C=O) groups is 1. The smallest absolute Gasteiger partial charge is 0.228 e. The molecule has 0 saturated carbocycles. The molecule has 5 nitrogen and oxygen atoms in total. The molecule has 1 atom stereocenters. The van der Waals surface area contributed by atoms with Crippen LogP contribution in [0.3, 0.4) is 0 Å². The highest BCUT2D eigenvalue weighted by Crippen LogP contribution is 2.24. The molecule has 1 amide bonds. The van der Waals surface area contributed by atoms with Crippen LogP contribution in [0, 0.1) is 6.92 Å². The summed E-state index contributed by atoms with van der Waals surface area (Å²) >= 11 is 7.43. The predicted molar refractivity (Wildman–Crippen MR) is 101 cm³/mol. The lowest BCUT2D eigenvalue weighted by Gasteiger charge is -2.11. The van der Waals surface area contributed by atoms with E-state index in [0.29, 0.717) is 11.7 Å². The fourth-order valence-electron chi connectivity index (χ4n) is 2.13. The molecular formula is C16H21Cl2N3O2S. The lowest BCUT2D eigenvalue weighted by Crippen LogP contribution is -2.28. The van der Waals surface area contributed by atoms with Crippen LogP contribution in [0.1, 0.15) is 22.4 Å². The lowest BCUT2D eigenvalue weighted by molar-refractivity contribution is -0.118. The number of nitrogens with two attached hydrogens (primary N) is 1. The molecule has 0 aliphatic rings. The van der Waals surface area contributed by atoms with Crippen molar-refractivity contribution in [1.29, 1.82) is 0 Å². The minimum Gasteiger partial charge on any atom is -0.380 e. The molecule has 2 aromatic rings. The first-order chi connectivity index (χ1) is 11.0. The normalized spacial score (nSPS) is 11.7. The first kappa shape index (κ1) is 20.9. The van der Waals surface area contributed by atoms with Crippen LogP contribution < -0.4 is 11.1 Å². The van der Waals surface area contributed by atoms with E-state index in [1.807, 2.05) is 25.1 Å². The molecule has 3 N–H and O–H groups in total.